The highest BCUT2D eigenvalue weighted by molar-refractivity contribution is 5.63. The maximum absolute atomic E-state index is 9.57. The smallest absolute Gasteiger partial charge is 0.161 e. The summed E-state index contributed by atoms with van der Waals surface area (Å²) in [5.41, 5.74) is 5.86. The van der Waals surface area contributed by atoms with Gasteiger partial charge in [-0.2, -0.15) is 5.26 Å². The summed E-state index contributed by atoms with van der Waals surface area (Å²) in [4.78, 5) is 6.69. The van der Waals surface area contributed by atoms with E-state index in [-0.39, 0.29) is 0 Å². The Balaban J connectivity index is 1.97. The molecule has 0 spiro atoms. The van der Waals surface area contributed by atoms with E-state index in [4.69, 9.17) is 9.47 Å². The molecule has 0 fully saturated rings. The first-order valence-corrected chi connectivity index (χ1v) is 9.12. The summed E-state index contributed by atoms with van der Waals surface area (Å²) in [5.74, 6) is 1.60. The minimum absolute atomic E-state index is 0.601. The summed E-state index contributed by atoms with van der Waals surface area (Å²) in [7, 11) is 0. The number of anilines is 1. The first-order chi connectivity index (χ1) is 12.6. The quantitative estimate of drug-likeness (QED) is 0.817. The van der Waals surface area contributed by atoms with E-state index in [0.29, 0.717) is 18.8 Å². The molecule has 0 aliphatic carbocycles. The number of ether oxygens (including phenoxy) is 2. The van der Waals surface area contributed by atoms with Crippen LogP contribution in [0.15, 0.2) is 18.2 Å². The van der Waals surface area contributed by atoms with Gasteiger partial charge in [0.2, 0.25) is 0 Å². The Kier molecular flexibility index (Phi) is 5.32. The first-order valence-electron chi connectivity index (χ1n) is 9.12. The van der Waals surface area contributed by atoms with Gasteiger partial charge in [-0.1, -0.05) is 0 Å². The molecule has 5 heteroatoms. The maximum Gasteiger partial charge on any atom is 0.161 e. The summed E-state index contributed by atoms with van der Waals surface area (Å²) in [6, 6.07) is 8.52. The van der Waals surface area contributed by atoms with Crippen LogP contribution in [0.5, 0.6) is 11.5 Å². The number of pyridine rings is 1. The van der Waals surface area contributed by atoms with Crippen molar-refractivity contribution in [3.63, 3.8) is 0 Å². The Morgan fingerprint density at radius 1 is 1.08 bits per heavy atom. The molecule has 2 heterocycles. The van der Waals surface area contributed by atoms with E-state index in [1.807, 2.05) is 33.8 Å². The fraction of sp³-hybridized carbons (Fsp3) is 0.429. The van der Waals surface area contributed by atoms with Gasteiger partial charge in [0.15, 0.2) is 11.5 Å². The Bertz CT molecular complexity index is 855. The molecule has 136 valence electrons. The zero-order valence-corrected chi connectivity index (χ0v) is 15.9. The van der Waals surface area contributed by atoms with Gasteiger partial charge in [0, 0.05) is 18.8 Å². The van der Waals surface area contributed by atoms with E-state index in [1.54, 1.807) is 0 Å². The van der Waals surface area contributed by atoms with Gasteiger partial charge in [0.25, 0.3) is 0 Å². The summed E-state index contributed by atoms with van der Waals surface area (Å²) in [6.07, 6.45) is 0.910. The molecule has 0 saturated carbocycles. The minimum Gasteiger partial charge on any atom is -0.490 e. The molecule has 0 N–H and O–H groups in total. The predicted molar refractivity (Wildman–Crippen MR) is 102 cm³/mol. The molecule has 0 unspecified atom stereocenters. The van der Waals surface area contributed by atoms with Gasteiger partial charge in [-0.3, -0.25) is 4.98 Å². The van der Waals surface area contributed by atoms with Gasteiger partial charge in [0.05, 0.1) is 30.2 Å². The van der Waals surface area contributed by atoms with Crippen LogP contribution in [0.4, 0.5) is 5.69 Å². The van der Waals surface area contributed by atoms with Crippen LogP contribution in [0.2, 0.25) is 0 Å². The van der Waals surface area contributed by atoms with Crippen LogP contribution >= 0.6 is 0 Å². The topological polar surface area (TPSA) is 58.4 Å². The fourth-order valence-electron chi connectivity index (χ4n) is 3.50. The molecule has 1 aliphatic heterocycles. The van der Waals surface area contributed by atoms with E-state index < -0.39 is 0 Å². The lowest BCUT2D eigenvalue weighted by Gasteiger charge is -2.32. The van der Waals surface area contributed by atoms with Crippen molar-refractivity contribution in [2.75, 3.05) is 24.7 Å². The second-order valence-electron chi connectivity index (χ2n) is 6.46. The second-order valence-corrected chi connectivity index (χ2v) is 6.46. The molecular weight excluding hydrogens is 326 g/mol. The first kappa shape index (κ1) is 18.1. The van der Waals surface area contributed by atoms with Crippen LogP contribution < -0.4 is 14.4 Å². The van der Waals surface area contributed by atoms with Crippen LogP contribution in [0.25, 0.3) is 0 Å². The number of rotatable bonds is 5. The van der Waals surface area contributed by atoms with Crippen LogP contribution in [-0.2, 0) is 13.0 Å². The van der Waals surface area contributed by atoms with Crippen molar-refractivity contribution in [1.29, 1.82) is 5.26 Å². The van der Waals surface area contributed by atoms with Gasteiger partial charge in [-0.15, -0.1) is 0 Å². The van der Waals surface area contributed by atoms with Crippen molar-refractivity contribution < 1.29 is 9.47 Å². The predicted octanol–water partition coefficient (Wildman–Crippen LogP) is 3.93. The number of nitrogens with zero attached hydrogens (tertiary/aromatic N) is 3. The number of fused-ring (bicyclic) bond motifs is 1. The Hall–Kier alpha value is -2.74. The highest BCUT2D eigenvalue weighted by atomic mass is 16.5. The van der Waals surface area contributed by atoms with Gasteiger partial charge in [-0.25, -0.2) is 0 Å². The summed E-state index contributed by atoms with van der Waals surface area (Å²) in [6.45, 7) is 10.7. The third-order valence-corrected chi connectivity index (χ3v) is 4.64. The lowest BCUT2D eigenvalue weighted by molar-refractivity contribution is 0.287. The van der Waals surface area contributed by atoms with Crippen molar-refractivity contribution in [2.24, 2.45) is 0 Å². The van der Waals surface area contributed by atoms with Gasteiger partial charge in [-0.05, 0) is 63.4 Å². The SMILES string of the molecule is CCOc1cc2c(cc1OCC)CN(c1cc(C)nc(C)c1C#N)CC2. The molecule has 1 aliphatic rings. The Morgan fingerprint density at radius 3 is 2.35 bits per heavy atom. The minimum atomic E-state index is 0.601. The van der Waals surface area contributed by atoms with Crippen LogP contribution in [0.3, 0.4) is 0 Å². The zero-order chi connectivity index (χ0) is 18.7. The number of hydrogen-bond acceptors (Lipinski definition) is 5. The average molecular weight is 351 g/mol. The van der Waals surface area contributed by atoms with Gasteiger partial charge in [0.1, 0.15) is 6.07 Å². The maximum atomic E-state index is 9.57. The molecule has 3 rings (SSSR count). The average Bonchev–Trinajstić information content (AvgIpc) is 2.61. The molecule has 26 heavy (non-hydrogen) atoms. The van der Waals surface area contributed by atoms with Crippen LogP contribution in [-0.4, -0.2) is 24.7 Å². The third kappa shape index (κ3) is 3.45. The third-order valence-electron chi connectivity index (χ3n) is 4.64. The Labute approximate surface area is 155 Å². The lowest BCUT2D eigenvalue weighted by Crippen LogP contribution is -2.31. The number of hydrogen-bond donors (Lipinski definition) is 0. The van der Waals surface area contributed by atoms with Gasteiger partial charge >= 0.3 is 0 Å². The number of benzene rings is 1. The normalized spacial score (nSPS) is 13.1. The van der Waals surface area contributed by atoms with Crippen molar-refractivity contribution in [3.05, 3.63) is 46.3 Å². The van der Waals surface area contributed by atoms with Crippen LogP contribution in [0.1, 0.15) is 41.9 Å². The molecular formula is C21H25N3O2. The fourth-order valence-corrected chi connectivity index (χ4v) is 3.50. The molecule has 0 atom stereocenters. The van der Waals surface area contributed by atoms with Crippen molar-refractivity contribution in [2.45, 2.75) is 40.7 Å². The molecule has 1 aromatic carbocycles. The van der Waals surface area contributed by atoms with Crippen LogP contribution in [0, 0.1) is 25.2 Å². The monoisotopic (exact) mass is 351 g/mol. The second kappa shape index (κ2) is 7.65. The van der Waals surface area contributed by atoms with E-state index in [9.17, 15) is 5.26 Å². The number of aryl methyl sites for hydroxylation is 2. The van der Waals surface area contributed by atoms with E-state index in [2.05, 4.69) is 28.1 Å². The number of aromatic nitrogens is 1. The summed E-state index contributed by atoms with van der Waals surface area (Å²) >= 11 is 0. The highest BCUT2D eigenvalue weighted by Gasteiger charge is 2.23. The molecule has 2 aromatic rings. The van der Waals surface area contributed by atoms with E-state index >= 15 is 0 Å². The molecule has 5 nitrogen and oxygen atoms in total. The molecule has 0 bridgehead atoms. The zero-order valence-electron chi connectivity index (χ0n) is 15.9. The summed E-state index contributed by atoms with van der Waals surface area (Å²) in [5, 5.41) is 9.57. The lowest BCUT2D eigenvalue weighted by atomic mass is 9.97. The standard InChI is InChI=1S/C21H25N3O2/c1-5-25-20-10-16-7-8-24(13-17(16)11-21(20)26-6-2)19-9-14(3)23-15(4)18(19)12-22/h9-11H,5-8,13H2,1-4H3. The molecule has 1 aromatic heterocycles. The highest BCUT2D eigenvalue weighted by Crippen LogP contribution is 2.36. The van der Waals surface area contributed by atoms with Crippen molar-refractivity contribution in [3.8, 4) is 17.6 Å². The molecule has 0 saturated heterocycles. The van der Waals surface area contributed by atoms with Gasteiger partial charge < -0.3 is 14.4 Å². The van der Waals surface area contributed by atoms with E-state index in [0.717, 1.165) is 48.1 Å². The molecule has 0 radical (unpaired) electrons. The van der Waals surface area contributed by atoms with E-state index in [1.165, 1.54) is 11.1 Å². The largest absolute Gasteiger partial charge is 0.490 e. The van der Waals surface area contributed by atoms with Crippen molar-refractivity contribution >= 4 is 5.69 Å². The number of nitriles is 1. The van der Waals surface area contributed by atoms with Crippen molar-refractivity contribution in [1.82, 2.24) is 4.98 Å². The Morgan fingerprint density at radius 2 is 1.73 bits per heavy atom. The molecule has 0 amide bonds. The summed E-state index contributed by atoms with van der Waals surface area (Å²) < 4.78 is 11.5.